The number of carbonyl (C=O) groups excluding carboxylic acids is 1. The van der Waals surface area contributed by atoms with Crippen LogP contribution in [0.5, 0.6) is 0 Å². The minimum Gasteiger partial charge on any atom is -0.396 e. The topological polar surface area (TPSA) is 67.4 Å². The molecule has 0 saturated heterocycles. The van der Waals surface area contributed by atoms with Crippen LogP contribution in [0.25, 0.3) is 0 Å². The van der Waals surface area contributed by atoms with Gasteiger partial charge < -0.3 is 15.5 Å². The lowest BCUT2D eigenvalue weighted by Gasteiger charge is -2.25. The van der Waals surface area contributed by atoms with Gasteiger partial charge in [-0.25, -0.2) is 0 Å². The summed E-state index contributed by atoms with van der Waals surface area (Å²) in [6.07, 6.45) is 1.72. The van der Waals surface area contributed by atoms with E-state index in [4.69, 9.17) is 5.73 Å². The summed E-state index contributed by atoms with van der Waals surface area (Å²) < 4.78 is 1.70. The van der Waals surface area contributed by atoms with Crippen LogP contribution in [0.4, 0.5) is 5.69 Å². The lowest BCUT2D eigenvalue weighted by molar-refractivity contribution is 0.0719. The Kier molecular flexibility index (Phi) is 6.01. The standard InChI is InChI=1S/C14H27N5O/c1-6-19-10-12(15)13(16-19)14(20)18(9-11(2)3)8-7-17(4)5/h10-11H,6-9,15H2,1-5H3. The molecular formula is C14H27N5O. The average molecular weight is 281 g/mol. The summed E-state index contributed by atoms with van der Waals surface area (Å²) in [4.78, 5) is 16.5. The third kappa shape index (κ3) is 4.52. The van der Waals surface area contributed by atoms with Crippen molar-refractivity contribution in [1.82, 2.24) is 19.6 Å². The van der Waals surface area contributed by atoms with E-state index in [0.717, 1.165) is 6.54 Å². The summed E-state index contributed by atoms with van der Waals surface area (Å²) in [5.41, 5.74) is 6.72. The lowest BCUT2D eigenvalue weighted by atomic mass is 10.2. The van der Waals surface area contributed by atoms with Crippen LogP contribution in [-0.4, -0.2) is 59.2 Å². The highest BCUT2D eigenvalue weighted by molar-refractivity contribution is 5.97. The zero-order valence-electron chi connectivity index (χ0n) is 13.3. The monoisotopic (exact) mass is 281 g/mol. The van der Waals surface area contributed by atoms with Crippen LogP contribution < -0.4 is 5.73 Å². The molecule has 1 aromatic heterocycles. The first kappa shape index (κ1) is 16.5. The van der Waals surface area contributed by atoms with Gasteiger partial charge in [-0.2, -0.15) is 5.10 Å². The highest BCUT2D eigenvalue weighted by Crippen LogP contribution is 2.13. The van der Waals surface area contributed by atoms with Crippen molar-refractivity contribution in [2.24, 2.45) is 5.92 Å². The number of amides is 1. The Morgan fingerprint density at radius 1 is 1.40 bits per heavy atom. The second kappa shape index (κ2) is 7.28. The fraction of sp³-hybridized carbons (Fsp3) is 0.714. The lowest BCUT2D eigenvalue weighted by Crippen LogP contribution is -2.39. The molecule has 1 amide bonds. The van der Waals surface area contributed by atoms with Crippen molar-refractivity contribution < 1.29 is 4.79 Å². The Morgan fingerprint density at radius 2 is 2.05 bits per heavy atom. The van der Waals surface area contributed by atoms with Crippen molar-refractivity contribution >= 4 is 11.6 Å². The normalized spacial score (nSPS) is 11.3. The smallest absolute Gasteiger partial charge is 0.276 e. The van der Waals surface area contributed by atoms with Crippen molar-refractivity contribution in [3.63, 3.8) is 0 Å². The highest BCUT2D eigenvalue weighted by atomic mass is 16.2. The van der Waals surface area contributed by atoms with Gasteiger partial charge in [-0.15, -0.1) is 0 Å². The van der Waals surface area contributed by atoms with Gasteiger partial charge in [-0.05, 0) is 26.9 Å². The molecule has 0 aliphatic carbocycles. The maximum atomic E-state index is 12.6. The molecule has 0 aromatic carbocycles. The molecule has 114 valence electrons. The Bertz CT molecular complexity index is 439. The highest BCUT2D eigenvalue weighted by Gasteiger charge is 2.22. The third-order valence-corrected chi connectivity index (χ3v) is 3.01. The number of rotatable bonds is 7. The van der Waals surface area contributed by atoms with E-state index in [0.29, 0.717) is 36.9 Å². The van der Waals surface area contributed by atoms with Crippen LogP contribution in [-0.2, 0) is 6.54 Å². The van der Waals surface area contributed by atoms with Gasteiger partial charge >= 0.3 is 0 Å². The van der Waals surface area contributed by atoms with E-state index in [1.807, 2.05) is 25.9 Å². The summed E-state index contributed by atoms with van der Waals surface area (Å²) in [6.45, 7) is 9.10. The number of nitrogen functional groups attached to an aromatic ring is 1. The maximum Gasteiger partial charge on any atom is 0.276 e. The zero-order valence-corrected chi connectivity index (χ0v) is 13.3. The van der Waals surface area contributed by atoms with Gasteiger partial charge in [0.05, 0.1) is 5.69 Å². The molecule has 2 N–H and O–H groups in total. The first-order valence-electron chi connectivity index (χ1n) is 7.12. The fourth-order valence-electron chi connectivity index (χ4n) is 1.95. The van der Waals surface area contributed by atoms with Crippen molar-refractivity contribution in [1.29, 1.82) is 0 Å². The van der Waals surface area contributed by atoms with Gasteiger partial charge in [0.15, 0.2) is 5.69 Å². The van der Waals surface area contributed by atoms with E-state index in [-0.39, 0.29) is 5.91 Å². The first-order valence-corrected chi connectivity index (χ1v) is 7.12. The molecule has 1 aromatic rings. The van der Waals surface area contributed by atoms with E-state index in [1.165, 1.54) is 0 Å². The van der Waals surface area contributed by atoms with Gasteiger partial charge in [0.2, 0.25) is 0 Å². The summed E-state index contributed by atoms with van der Waals surface area (Å²) in [6, 6.07) is 0. The Morgan fingerprint density at radius 3 is 2.50 bits per heavy atom. The number of likely N-dealkylation sites (N-methyl/N-ethyl adjacent to an activating group) is 1. The zero-order chi connectivity index (χ0) is 15.3. The van der Waals surface area contributed by atoms with Gasteiger partial charge in [-0.3, -0.25) is 9.48 Å². The van der Waals surface area contributed by atoms with E-state index in [9.17, 15) is 4.79 Å². The summed E-state index contributed by atoms with van der Waals surface area (Å²) in [5.74, 6) is 0.334. The molecule has 1 heterocycles. The van der Waals surface area contributed by atoms with Crippen LogP contribution in [0.1, 0.15) is 31.3 Å². The van der Waals surface area contributed by atoms with E-state index in [2.05, 4.69) is 23.8 Å². The number of nitrogens with two attached hydrogens (primary N) is 1. The molecule has 0 bridgehead atoms. The van der Waals surface area contributed by atoms with Gasteiger partial charge in [0.25, 0.3) is 5.91 Å². The van der Waals surface area contributed by atoms with E-state index in [1.54, 1.807) is 10.9 Å². The largest absolute Gasteiger partial charge is 0.396 e. The minimum atomic E-state index is -0.0785. The molecule has 0 aliphatic heterocycles. The van der Waals surface area contributed by atoms with Crippen LogP contribution in [0, 0.1) is 5.92 Å². The van der Waals surface area contributed by atoms with Crippen LogP contribution in [0.3, 0.4) is 0 Å². The molecule has 1 rings (SSSR count). The Labute approximate surface area is 121 Å². The molecule has 6 nitrogen and oxygen atoms in total. The average Bonchev–Trinajstić information content (AvgIpc) is 2.74. The molecule has 0 fully saturated rings. The van der Waals surface area contributed by atoms with Gasteiger partial charge in [0, 0.05) is 32.4 Å². The van der Waals surface area contributed by atoms with Crippen molar-refractivity contribution in [2.45, 2.75) is 27.3 Å². The molecule has 6 heteroatoms. The number of anilines is 1. The van der Waals surface area contributed by atoms with Gasteiger partial charge in [0.1, 0.15) is 0 Å². The van der Waals surface area contributed by atoms with Crippen molar-refractivity contribution in [3.05, 3.63) is 11.9 Å². The summed E-state index contributed by atoms with van der Waals surface area (Å²) in [5, 5.41) is 4.27. The number of aryl methyl sites for hydroxylation is 1. The van der Waals surface area contributed by atoms with E-state index < -0.39 is 0 Å². The third-order valence-electron chi connectivity index (χ3n) is 3.01. The van der Waals surface area contributed by atoms with Crippen LogP contribution in [0.15, 0.2) is 6.20 Å². The quantitative estimate of drug-likeness (QED) is 0.814. The predicted octanol–water partition coefficient (Wildman–Crippen LogP) is 1.14. The number of hydrogen-bond acceptors (Lipinski definition) is 4. The summed E-state index contributed by atoms with van der Waals surface area (Å²) >= 11 is 0. The molecule has 0 saturated carbocycles. The molecule has 0 atom stereocenters. The molecule has 0 unspecified atom stereocenters. The molecule has 0 aliphatic rings. The number of aromatic nitrogens is 2. The first-order chi connectivity index (χ1) is 9.35. The fourth-order valence-corrected chi connectivity index (χ4v) is 1.95. The SMILES string of the molecule is CCn1cc(N)c(C(=O)N(CCN(C)C)CC(C)C)n1. The van der Waals surface area contributed by atoms with Gasteiger partial charge in [-0.1, -0.05) is 13.8 Å². The molecule has 0 radical (unpaired) electrons. The Hall–Kier alpha value is -1.56. The number of nitrogens with zero attached hydrogens (tertiary/aromatic N) is 4. The number of hydrogen-bond donors (Lipinski definition) is 1. The molecular weight excluding hydrogens is 254 g/mol. The molecule has 0 spiro atoms. The molecule has 20 heavy (non-hydrogen) atoms. The summed E-state index contributed by atoms with van der Waals surface area (Å²) in [7, 11) is 4.00. The van der Waals surface area contributed by atoms with Crippen molar-refractivity contribution in [3.8, 4) is 0 Å². The van der Waals surface area contributed by atoms with Crippen LogP contribution >= 0.6 is 0 Å². The second-order valence-corrected chi connectivity index (χ2v) is 5.74. The predicted molar refractivity (Wildman–Crippen MR) is 81.6 cm³/mol. The minimum absolute atomic E-state index is 0.0785. The van der Waals surface area contributed by atoms with Crippen LogP contribution in [0.2, 0.25) is 0 Å². The van der Waals surface area contributed by atoms with E-state index >= 15 is 0 Å². The maximum absolute atomic E-state index is 12.6. The second-order valence-electron chi connectivity index (χ2n) is 5.74. The number of carbonyl (C=O) groups is 1. The Balaban J connectivity index is 2.87. The van der Waals surface area contributed by atoms with Crippen molar-refractivity contribution in [2.75, 3.05) is 39.5 Å².